The first-order valence-electron chi connectivity index (χ1n) is 7.88. The van der Waals surface area contributed by atoms with Gasteiger partial charge in [-0.25, -0.2) is 13.1 Å². The fourth-order valence-corrected chi connectivity index (χ4v) is 4.77. The van der Waals surface area contributed by atoms with Crippen LogP contribution < -0.4 is 19.9 Å². The number of nitrogens with one attached hydrogen (secondary N) is 1. The van der Waals surface area contributed by atoms with Crippen LogP contribution in [0.25, 0.3) is 0 Å². The van der Waals surface area contributed by atoms with E-state index < -0.39 is 10.0 Å². The third-order valence-electron chi connectivity index (χ3n) is 4.50. The first-order chi connectivity index (χ1) is 10.9. The summed E-state index contributed by atoms with van der Waals surface area (Å²) < 4.78 is 38.8. The summed E-state index contributed by atoms with van der Waals surface area (Å²) >= 11 is 0. The van der Waals surface area contributed by atoms with E-state index in [1.165, 1.54) is 20.3 Å². The fraction of sp³-hybridized carbons (Fsp3) is 0.625. The standard InChI is InChI=1S/C16H26N2O4S/c1-11-8-14(21-2)15(22-3)9-16(11)23(19,20)18-13(10-17)12-6-4-5-7-12/h8-9,12-13,18H,4-7,10,17H2,1-3H3. The Morgan fingerprint density at radius 1 is 1.22 bits per heavy atom. The molecule has 23 heavy (non-hydrogen) atoms. The molecular weight excluding hydrogens is 316 g/mol. The van der Waals surface area contributed by atoms with Crippen LogP contribution in [0.3, 0.4) is 0 Å². The largest absolute Gasteiger partial charge is 0.493 e. The summed E-state index contributed by atoms with van der Waals surface area (Å²) in [4.78, 5) is 0.201. The topological polar surface area (TPSA) is 90.7 Å². The van der Waals surface area contributed by atoms with Gasteiger partial charge in [-0.3, -0.25) is 0 Å². The summed E-state index contributed by atoms with van der Waals surface area (Å²) in [5.41, 5.74) is 6.41. The van der Waals surface area contributed by atoms with E-state index in [4.69, 9.17) is 15.2 Å². The highest BCUT2D eigenvalue weighted by Gasteiger charge is 2.29. The molecule has 7 heteroatoms. The second-order valence-electron chi connectivity index (χ2n) is 5.98. The molecule has 1 aliphatic carbocycles. The number of aryl methyl sites for hydroxylation is 1. The molecule has 0 radical (unpaired) electrons. The van der Waals surface area contributed by atoms with Gasteiger partial charge in [-0.05, 0) is 37.3 Å². The van der Waals surface area contributed by atoms with Crippen LogP contribution in [0.2, 0.25) is 0 Å². The Hall–Kier alpha value is -1.31. The number of benzene rings is 1. The maximum Gasteiger partial charge on any atom is 0.241 e. The average Bonchev–Trinajstić information content (AvgIpc) is 3.06. The average molecular weight is 342 g/mol. The zero-order valence-electron chi connectivity index (χ0n) is 14.0. The second-order valence-corrected chi connectivity index (χ2v) is 7.66. The van der Waals surface area contributed by atoms with Gasteiger partial charge in [0, 0.05) is 18.7 Å². The summed E-state index contributed by atoms with van der Waals surface area (Å²) in [7, 11) is -0.656. The lowest BCUT2D eigenvalue weighted by molar-refractivity contribution is 0.353. The van der Waals surface area contributed by atoms with Crippen molar-refractivity contribution in [3.8, 4) is 11.5 Å². The minimum atomic E-state index is -3.66. The number of nitrogens with two attached hydrogens (primary N) is 1. The summed E-state index contributed by atoms with van der Waals surface area (Å²) in [6, 6.07) is 2.94. The highest BCUT2D eigenvalue weighted by Crippen LogP contribution is 2.33. The van der Waals surface area contributed by atoms with Crippen LogP contribution in [0.4, 0.5) is 0 Å². The third-order valence-corrected chi connectivity index (χ3v) is 6.13. The van der Waals surface area contributed by atoms with Crippen LogP contribution in [0, 0.1) is 12.8 Å². The zero-order valence-corrected chi connectivity index (χ0v) is 14.8. The van der Waals surface area contributed by atoms with Crippen molar-refractivity contribution in [2.75, 3.05) is 20.8 Å². The first kappa shape index (κ1) is 18.0. The molecule has 1 aromatic rings. The van der Waals surface area contributed by atoms with Crippen molar-refractivity contribution in [1.82, 2.24) is 4.72 Å². The number of hydrogen-bond acceptors (Lipinski definition) is 5. The molecule has 0 heterocycles. The molecule has 0 aliphatic heterocycles. The molecule has 6 nitrogen and oxygen atoms in total. The highest BCUT2D eigenvalue weighted by molar-refractivity contribution is 7.89. The van der Waals surface area contributed by atoms with Gasteiger partial charge < -0.3 is 15.2 Å². The van der Waals surface area contributed by atoms with E-state index in [9.17, 15) is 8.42 Å². The van der Waals surface area contributed by atoms with Crippen molar-refractivity contribution in [3.63, 3.8) is 0 Å². The molecule has 0 bridgehead atoms. The molecule has 0 aromatic heterocycles. The Morgan fingerprint density at radius 3 is 2.30 bits per heavy atom. The van der Waals surface area contributed by atoms with Gasteiger partial charge in [-0.1, -0.05) is 12.8 Å². The van der Waals surface area contributed by atoms with Gasteiger partial charge in [0.25, 0.3) is 0 Å². The smallest absolute Gasteiger partial charge is 0.241 e. The number of rotatable bonds is 7. The number of sulfonamides is 1. The van der Waals surface area contributed by atoms with E-state index in [2.05, 4.69) is 4.72 Å². The lowest BCUT2D eigenvalue weighted by atomic mass is 9.99. The molecule has 130 valence electrons. The van der Waals surface area contributed by atoms with E-state index in [-0.39, 0.29) is 10.9 Å². The number of hydrogen-bond donors (Lipinski definition) is 2. The molecule has 0 amide bonds. The molecule has 1 atom stereocenters. The predicted octanol–water partition coefficient (Wildman–Crippen LogP) is 1.81. The maximum atomic E-state index is 12.8. The van der Waals surface area contributed by atoms with Crippen molar-refractivity contribution in [2.45, 2.75) is 43.5 Å². The minimum Gasteiger partial charge on any atom is -0.493 e. The van der Waals surface area contributed by atoms with Crippen molar-refractivity contribution < 1.29 is 17.9 Å². The van der Waals surface area contributed by atoms with Gasteiger partial charge in [-0.15, -0.1) is 0 Å². The molecular formula is C16H26N2O4S. The molecule has 1 aliphatic rings. The van der Waals surface area contributed by atoms with Crippen molar-refractivity contribution in [2.24, 2.45) is 11.7 Å². The van der Waals surface area contributed by atoms with Gasteiger partial charge >= 0.3 is 0 Å². The predicted molar refractivity (Wildman–Crippen MR) is 89.4 cm³/mol. The third kappa shape index (κ3) is 3.97. The summed E-state index contributed by atoms with van der Waals surface area (Å²) in [5, 5.41) is 0. The number of methoxy groups -OCH3 is 2. The Balaban J connectivity index is 2.31. The normalized spacial score (nSPS) is 17.2. The molecule has 1 unspecified atom stereocenters. The van der Waals surface area contributed by atoms with E-state index in [1.807, 2.05) is 0 Å². The van der Waals surface area contributed by atoms with E-state index in [0.29, 0.717) is 29.5 Å². The van der Waals surface area contributed by atoms with Crippen LogP contribution in [-0.4, -0.2) is 35.2 Å². The van der Waals surface area contributed by atoms with Crippen LogP contribution in [-0.2, 0) is 10.0 Å². The molecule has 1 aromatic carbocycles. The fourth-order valence-electron chi connectivity index (χ4n) is 3.21. The number of ether oxygens (including phenoxy) is 2. The van der Waals surface area contributed by atoms with Crippen molar-refractivity contribution in [3.05, 3.63) is 17.7 Å². The Labute approximate surface area is 138 Å². The van der Waals surface area contributed by atoms with E-state index in [1.54, 1.807) is 13.0 Å². The van der Waals surface area contributed by atoms with Gasteiger partial charge in [-0.2, -0.15) is 0 Å². The van der Waals surface area contributed by atoms with Crippen LogP contribution in [0.5, 0.6) is 11.5 Å². The summed E-state index contributed by atoms with van der Waals surface area (Å²) in [6.07, 6.45) is 4.32. The first-order valence-corrected chi connectivity index (χ1v) is 9.36. The van der Waals surface area contributed by atoms with Crippen molar-refractivity contribution in [1.29, 1.82) is 0 Å². The SMILES string of the molecule is COc1cc(C)c(S(=O)(=O)NC(CN)C2CCCC2)cc1OC. The lowest BCUT2D eigenvalue weighted by Gasteiger charge is -2.23. The Morgan fingerprint density at radius 2 is 1.78 bits per heavy atom. The van der Waals surface area contributed by atoms with E-state index in [0.717, 1.165) is 25.7 Å². The van der Waals surface area contributed by atoms with Gasteiger partial charge in [0.05, 0.1) is 19.1 Å². The second kappa shape index (κ2) is 7.51. The molecule has 3 N–H and O–H groups in total. The lowest BCUT2D eigenvalue weighted by Crippen LogP contribution is -2.44. The Kier molecular flexibility index (Phi) is 5.89. The van der Waals surface area contributed by atoms with Crippen LogP contribution in [0.1, 0.15) is 31.2 Å². The highest BCUT2D eigenvalue weighted by atomic mass is 32.2. The quantitative estimate of drug-likeness (QED) is 0.788. The van der Waals surface area contributed by atoms with Crippen LogP contribution in [0.15, 0.2) is 17.0 Å². The van der Waals surface area contributed by atoms with Gasteiger partial charge in [0.1, 0.15) is 0 Å². The Bertz CT molecular complexity index is 640. The van der Waals surface area contributed by atoms with Gasteiger partial charge in [0.15, 0.2) is 11.5 Å². The summed E-state index contributed by atoms with van der Waals surface area (Å²) in [6.45, 7) is 2.04. The molecule has 2 rings (SSSR count). The minimum absolute atomic E-state index is 0.201. The monoisotopic (exact) mass is 342 g/mol. The zero-order chi connectivity index (χ0) is 17.0. The molecule has 0 spiro atoms. The molecule has 0 saturated heterocycles. The summed E-state index contributed by atoms with van der Waals surface area (Å²) in [5.74, 6) is 1.22. The maximum absolute atomic E-state index is 12.8. The van der Waals surface area contributed by atoms with Gasteiger partial charge in [0.2, 0.25) is 10.0 Å². The van der Waals surface area contributed by atoms with E-state index >= 15 is 0 Å². The molecule has 1 fully saturated rings. The van der Waals surface area contributed by atoms with Crippen molar-refractivity contribution >= 4 is 10.0 Å². The van der Waals surface area contributed by atoms with Crippen LogP contribution >= 0.6 is 0 Å². The molecule has 1 saturated carbocycles.